The van der Waals surface area contributed by atoms with Crippen molar-refractivity contribution in [3.05, 3.63) is 65.7 Å². The van der Waals surface area contributed by atoms with E-state index in [1.165, 1.54) is 6.92 Å². The van der Waals surface area contributed by atoms with Crippen LogP contribution in [0.1, 0.15) is 36.7 Å². The van der Waals surface area contributed by atoms with Crippen LogP contribution in [-0.2, 0) is 16.1 Å². The molecule has 120 valence electrons. The normalized spacial score (nSPS) is 10.9. The summed E-state index contributed by atoms with van der Waals surface area (Å²) in [6.07, 6.45) is 0. The molecule has 0 aromatic heterocycles. The van der Waals surface area contributed by atoms with Crippen LogP contribution in [0.5, 0.6) is 5.75 Å². The van der Waals surface area contributed by atoms with Gasteiger partial charge in [0.05, 0.1) is 0 Å². The van der Waals surface area contributed by atoms with E-state index in [0.29, 0.717) is 17.9 Å². The highest BCUT2D eigenvalue weighted by molar-refractivity contribution is 6.02. The van der Waals surface area contributed by atoms with Crippen molar-refractivity contribution in [3.8, 4) is 5.75 Å². The van der Waals surface area contributed by atoms with Gasteiger partial charge in [-0.2, -0.15) is 0 Å². The lowest BCUT2D eigenvalue weighted by molar-refractivity contribution is -0.149. The molecule has 0 aliphatic rings. The molecule has 0 aliphatic carbocycles. The summed E-state index contributed by atoms with van der Waals surface area (Å²) < 4.78 is 10.8. The number of esters is 1. The zero-order chi connectivity index (χ0) is 16.9. The summed E-state index contributed by atoms with van der Waals surface area (Å²) in [6, 6.07) is 16.7. The second-order valence-corrected chi connectivity index (χ2v) is 5.73. The Kier molecular flexibility index (Phi) is 5.16. The molecule has 0 radical (unpaired) electrons. The van der Waals surface area contributed by atoms with Crippen LogP contribution in [0, 0.1) is 0 Å². The van der Waals surface area contributed by atoms with Gasteiger partial charge in [0.25, 0.3) is 0 Å². The Labute approximate surface area is 136 Å². The standard InChI is InChI=1S/C19H20O4/c1-14(20)23-19(2,3)18(21)16-9-11-17(12-10-16)22-13-15-7-5-4-6-8-15/h4-12H,13H2,1-3H3. The molecule has 0 saturated carbocycles. The highest BCUT2D eigenvalue weighted by Gasteiger charge is 2.31. The molecule has 2 rings (SSSR count). The summed E-state index contributed by atoms with van der Waals surface area (Å²) in [6.45, 7) is 4.91. The largest absolute Gasteiger partial charge is 0.489 e. The summed E-state index contributed by atoms with van der Waals surface area (Å²) in [7, 11) is 0. The molecule has 0 amide bonds. The fraction of sp³-hybridized carbons (Fsp3) is 0.263. The predicted octanol–water partition coefficient (Wildman–Crippen LogP) is 3.79. The summed E-state index contributed by atoms with van der Waals surface area (Å²) in [5.74, 6) is -0.0517. The van der Waals surface area contributed by atoms with E-state index in [-0.39, 0.29) is 5.78 Å². The smallest absolute Gasteiger partial charge is 0.303 e. The van der Waals surface area contributed by atoms with Gasteiger partial charge in [-0.1, -0.05) is 30.3 Å². The van der Waals surface area contributed by atoms with E-state index in [9.17, 15) is 9.59 Å². The molecule has 0 spiro atoms. The molecule has 2 aromatic carbocycles. The molecule has 2 aromatic rings. The van der Waals surface area contributed by atoms with E-state index in [2.05, 4.69) is 0 Å². The van der Waals surface area contributed by atoms with E-state index < -0.39 is 11.6 Å². The van der Waals surface area contributed by atoms with Crippen molar-refractivity contribution in [1.29, 1.82) is 0 Å². The van der Waals surface area contributed by atoms with Crippen LogP contribution in [0.3, 0.4) is 0 Å². The molecule has 0 fully saturated rings. The summed E-state index contributed by atoms with van der Waals surface area (Å²) >= 11 is 0. The quantitative estimate of drug-likeness (QED) is 0.601. The first-order valence-electron chi connectivity index (χ1n) is 7.39. The van der Waals surface area contributed by atoms with Crippen LogP contribution < -0.4 is 4.74 Å². The zero-order valence-corrected chi connectivity index (χ0v) is 13.5. The lowest BCUT2D eigenvalue weighted by Crippen LogP contribution is -2.36. The fourth-order valence-electron chi connectivity index (χ4n) is 2.20. The molecule has 0 bridgehead atoms. The molecule has 0 atom stereocenters. The van der Waals surface area contributed by atoms with Gasteiger partial charge in [0.1, 0.15) is 12.4 Å². The van der Waals surface area contributed by atoms with E-state index in [4.69, 9.17) is 9.47 Å². The summed E-state index contributed by atoms with van der Waals surface area (Å²) in [4.78, 5) is 23.4. The van der Waals surface area contributed by atoms with E-state index in [1.807, 2.05) is 30.3 Å². The highest BCUT2D eigenvalue weighted by atomic mass is 16.6. The van der Waals surface area contributed by atoms with Crippen molar-refractivity contribution in [2.24, 2.45) is 0 Å². The maximum atomic E-state index is 12.4. The van der Waals surface area contributed by atoms with Crippen LogP contribution in [0.2, 0.25) is 0 Å². The van der Waals surface area contributed by atoms with Gasteiger partial charge in [-0.25, -0.2) is 0 Å². The summed E-state index contributed by atoms with van der Waals surface area (Å²) in [5.41, 5.74) is 0.366. The lowest BCUT2D eigenvalue weighted by atomic mass is 9.96. The van der Waals surface area contributed by atoms with E-state index in [0.717, 1.165) is 5.56 Å². The Morgan fingerprint density at radius 3 is 2.13 bits per heavy atom. The molecule has 0 unspecified atom stereocenters. The number of Topliss-reactive ketones (excluding diaryl/α,β-unsaturated/α-hetero) is 1. The van der Waals surface area contributed by atoms with Crippen LogP contribution in [0.15, 0.2) is 54.6 Å². The zero-order valence-electron chi connectivity index (χ0n) is 13.5. The molecule has 4 heteroatoms. The fourth-order valence-corrected chi connectivity index (χ4v) is 2.20. The number of hydrogen-bond donors (Lipinski definition) is 0. The van der Waals surface area contributed by atoms with Gasteiger partial charge in [0.15, 0.2) is 5.60 Å². The molecule has 0 aliphatic heterocycles. The minimum absolute atomic E-state index is 0.248. The SMILES string of the molecule is CC(=O)OC(C)(C)C(=O)c1ccc(OCc2ccccc2)cc1. The minimum atomic E-state index is -1.18. The highest BCUT2D eigenvalue weighted by Crippen LogP contribution is 2.20. The van der Waals surface area contributed by atoms with Crippen LogP contribution in [0.25, 0.3) is 0 Å². The second kappa shape index (κ2) is 7.09. The van der Waals surface area contributed by atoms with Crippen molar-refractivity contribution in [2.75, 3.05) is 0 Å². The maximum absolute atomic E-state index is 12.4. The molecule has 0 heterocycles. The molecule has 0 N–H and O–H groups in total. The molecular formula is C19H20O4. The van der Waals surface area contributed by atoms with Crippen LogP contribution in [-0.4, -0.2) is 17.4 Å². The van der Waals surface area contributed by atoms with Crippen LogP contribution >= 0.6 is 0 Å². The van der Waals surface area contributed by atoms with Crippen molar-refractivity contribution in [3.63, 3.8) is 0 Å². The van der Waals surface area contributed by atoms with Gasteiger partial charge < -0.3 is 9.47 Å². The Morgan fingerprint density at radius 2 is 1.57 bits per heavy atom. The average Bonchev–Trinajstić information content (AvgIpc) is 2.52. The van der Waals surface area contributed by atoms with Gasteiger partial charge in [-0.3, -0.25) is 9.59 Å². The Hall–Kier alpha value is -2.62. The van der Waals surface area contributed by atoms with Crippen molar-refractivity contribution >= 4 is 11.8 Å². The Morgan fingerprint density at radius 1 is 0.957 bits per heavy atom. The van der Waals surface area contributed by atoms with Crippen molar-refractivity contribution in [1.82, 2.24) is 0 Å². The number of benzene rings is 2. The van der Waals surface area contributed by atoms with Crippen LogP contribution in [0.4, 0.5) is 0 Å². The first-order valence-corrected chi connectivity index (χ1v) is 7.39. The molecule has 23 heavy (non-hydrogen) atoms. The number of hydrogen-bond acceptors (Lipinski definition) is 4. The lowest BCUT2D eigenvalue weighted by Gasteiger charge is -2.22. The van der Waals surface area contributed by atoms with Gasteiger partial charge in [-0.05, 0) is 43.7 Å². The van der Waals surface area contributed by atoms with Gasteiger partial charge in [0, 0.05) is 12.5 Å². The summed E-state index contributed by atoms with van der Waals surface area (Å²) in [5, 5.41) is 0. The average molecular weight is 312 g/mol. The van der Waals surface area contributed by atoms with Gasteiger partial charge in [-0.15, -0.1) is 0 Å². The third-order valence-electron chi connectivity index (χ3n) is 3.31. The first-order chi connectivity index (χ1) is 10.9. The van der Waals surface area contributed by atoms with Crippen molar-refractivity contribution < 1.29 is 19.1 Å². The molecule has 4 nitrogen and oxygen atoms in total. The first kappa shape index (κ1) is 16.7. The monoisotopic (exact) mass is 312 g/mol. The van der Waals surface area contributed by atoms with Crippen molar-refractivity contribution in [2.45, 2.75) is 33.0 Å². The Balaban J connectivity index is 2.01. The minimum Gasteiger partial charge on any atom is -0.489 e. The number of ether oxygens (including phenoxy) is 2. The topological polar surface area (TPSA) is 52.6 Å². The van der Waals surface area contributed by atoms with Gasteiger partial charge in [0.2, 0.25) is 5.78 Å². The number of carbonyl (C=O) groups is 2. The third-order valence-corrected chi connectivity index (χ3v) is 3.31. The maximum Gasteiger partial charge on any atom is 0.303 e. The predicted molar refractivity (Wildman–Crippen MR) is 87.4 cm³/mol. The van der Waals surface area contributed by atoms with Gasteiger partial charge >= 0.3 is 5.97 Å². The second-order valence-electron chi connectivity index (χ2n) is 5.73. The van der Waals surface area contributed by atoms with E-state index in [1.54, 1.807) is 38.1 Å². The number of rotatable bonds is 6. The number of carbonyl (C=O) groups excluding carboxylic acids is 2. The third kappa shape index (κ3) is 4.68. The number of ketones is 1. The molecular weight excluding hydrogens is 292 g/mol. The Bertz CT molecular complexity index is 672. The molecule has 0 saturated heterocycles. The van der Waals surface area contributed by atoms with E-state index >= 15 is 0 Å².